The lowest BCUT2D eigenvalue weighted by atomic mass is 9.87. The Bertz CT molecular complexity index is 1140. The van der Waals surface area contributed by atoms with Crippen molar-refractivity contribution in [1.29, 1.82) is 0 Å². The van der Waals surface area contributed by atoms with Gasteiger partial charge < -0.3 is 29.4 Å². The van der Waals surface area contributed by atoms with Gasteiger partial charge in [0.25, 0.3) is 0 Å². The number of carbonyl (C=O) groups excluding carboxylic acids is 3. The molecule has 3 amide bonds. The number of rotatable bonds is 6. The minimum absolute atomic E-state index is 0.0363. The van der Waals surface area contributed by atoms with Crippen LogP contribution in [-0.4, -0.2) is 64.9 Å². The Balaban J connectivity index is 1.88. The molecule has 1 unspecified atom stereocenters. The summed E-state index contributed by atoms with van der Waals surface area (Å²) in [7, 11) is 1.85. The van der Waals surface area contributed by atoms with E-state index in [9.17, 15) is 19.5 Å². The van der Waals surface area contributed by atoms with Crippen LogP contribution in [0.25, 0.3) is 11.4 Å². The molecule has 36 heavy (non-hydrogen) atoms. The third kappa shape index (κ3) is 5.51. The lowest BCUT2D eigenvalue weighted by molar-refractivity contribution is -0.268. The van der Waals surface area contributed by atoms with Gasteiger partial charge in [0.1, 0.15) is 17.4 Å². The Morgan fingerprint density at radius 2 is 2.00 bits per heavy atom. The molecule has 0 radical (unpaired) electrons. The minimum Gasteiger partial charge on any atom is -0.530 e. The first-order valence-corrected chi connectivity index (χ1v) is 12.1. The van der Waals surface area contributed by atoms with E-state index in [4.69, 9.17) is 9.26 Å². The molecule has 0 bridgehead atoms. The van der Waals surface area contributed by atoms with Crippen molar-refractivity contribution < 1.29 is 28.8 Å². The van der Waals surface area contributed by atoms with Crippen molar-refractivity contribution in [3.8, 4) is 11.4 Å². The number of amides is 3. The van der Waals surface area contributed by atoms with Crippen molar-refractivity contribution in [1.82, 2.24) is 24.8 Å². The summed E-state index contributed by atoms with van der Waals surface area (Å²) in [5.41, 5.74) is 1.49. The second kappa shape index (κ2) is 10.3. The molecule has 11 heteroatoms. The van der Waals surface area contributed by atoms with E-state index in [-0.39, 0.29) is 29.5 Å². The van der Waals surface area contributed by atoms with Gasteiger partial charge in [-0.2, -0.15) is 4.98 Å². The minimum atomic E-state index is -1.26. The lowest BCUT2D eigenvalue weighted by Gasteiger charge is -2.46. The zero-order valence-corrected chi connectivity index (χ0v) is 22.0. The maximum absolute atomic E-state index is 12.7. The van der Waals surface area contributed by atoms with Crippen LogP contribution in [0.15, 0.2) is 22.7 Å². The molecule has 1 aromatic heterocycles. The molecule has 0 saturated heterocycles. The Hall–Kier alpha value is -3.47. The summed E-state index contributed by atoms with van der Waals surface area (Å²) in [4.78, 5) is 42.1. The third-order valence-corrected chi connectivity index (χ3v) is 6.67. The Morgan fingerprint density at radius 3 is 2.58 bits per heavy atom. The number of hydrogen-bond acceptors (Lipinski definition) is 8. The van der Waals surface area contributed by atoms with Crippen LogP contribution in [0.3, 0.4) is 0 Å². The van der Waals surface area contributed by atoms with Gasteiger partial charge >= 0.3 is 12.0 Å². The van der Waals surface area contributed by atoms with Gasteiger partial charge in [0.05, 0.1) is 26.1 Å². The SMILES string of the molecule is CCN(C(=O)[O-])[C@@H]1C[C@H](C)[N+](C)(C(C)=O)c2ccc(-c3noc(CCNC(=O)OC(C)(C)C)n3)cc21. The predicted molar refractivity (Wildman–Crippen MR) is 131 cm³/mol. The van der Waals surface area contributed by atoms with Gasteiger partial charge in [0.2, 0.25) is 11.7 Å². The van der Waals surface area contributed by atoms with E-state index in [0.717, 1.165) is 5.69 Å². The van der Waals surface area contributed by atoms with Crippen LogP contribution in [0.1, 0.15) is 65.5 Å². The zero-order chi connectivity index (χ0) is 26.8. The van der Waals surface area contributed by atoms with E-state index in [1.54, 1.807) is 40.7 Å². The summed E-state index contributed by atoms with van der Waals surface area (Å²) in [5.74, 6) is 0.625. The molecule has 11 nitrogen and oxygen atoms in total. The molecule has 0 saturated carbocycles. The first kappa shape index (κ1) is 27.1. The topological polar surface area (TPSA) is 138 Å². The molecular formula is C25H35N5O6. The standard InChI is InChI=1S/C25H35N5O6/c1-8-29(24(33)34)19-13-15(2)30(7,16(3)31)20-10-9-17(14-18(19)20)22-27-21(36-28-22)11-12-26-23(32)35-25(4,5)6/h9-10,14-15,19H,8,11-13H2,1-7H3,(H-,26,32,33,34)/t15-,19+,30?/m0/s1. The summed E-state index contributed by atoms with van der Waals surface area (Å²) in [6.45, 7) is 11.1. The van der Waals surface area contributed by atoms with Crippen LogP contribution in [0.5, 0.6) is 0 Å². The van der Waals surface area contributed by atoms with Gasteiger partial charge in [0.15, 0.2) is 0 Å². The maximum Gasteiger partial charge on any atom is 0.407 e. The highest BCUT2D eigenvalue weighted by Crippen LogP contribution is 2.45. The van der Waals surface area contributed by atoms with Gasteiger partial charge in [0, 0.05) is 43.1 Å². The third-order valence-electron chi connectivity index (χ3n) is 6.67. The second-order valence-corrected chi connectivity index (χ2v) is 10.2. The highest BCUT2D eigenvalue weighted by molar-refractivity contribution is 5.89. The first-order valence-electron chi connectivity index (χ1n) is 12.1. The number of carboxylic acid groups (broad SMARTS) is 1. The number of benzene rings is 1. The van der Waals surface area contributed by atoms with Crippen LogP contribution in [0.2, 0.25) is 0 Å². The summed E-state index contributed by atoms with van der Waals surface area (Å²) in [6, 6.07) is 4.85. The van der Waals surface area contributed by atoms with Crippen molar-refractivity contribution in [3.05, 3.63) is 29.7 Å². The molecule has 0 aliphatic carbocycles. The second-order valence-electron chi connectivity index (χ2n) is 10.2. The van der Waals surface area contributed by atoms with E-state index in [1.807, 2.05) is 26.1 Å². The average molecular weight is 502 g/mol. The fraction of sp³-hybridized carbons (Fsp3) is 0.560. The Labute approximate surface area is 211 Å². The van der Waals surface area contributed by atoms with Crippen LogP contribution >= 0.6 is 0 Å². The van der Waals surface area contributed by atoms with Crippen LogP contribution in [-0.2, 0) is 16.0 Å². The molecular weight excluding hydrogens is 466 g/mol. The molecule has 1 aliphatic rings. The van der Waals surface area contributed by atoms with Gasteiger partial charge in [-0.15, -0.1) is 0 Å². The molecule has 3 atom stereocenters. The number of carbonyl (C=O) groups is 3. The fourth-order valence-electron chi connectivity index (χ4n) is 4.59. The van der Waals surface area contributed by atoms with Crippen LogP contribution < -0.4 is 14.9 Å². The molecule has 1 N–H and O–H groups in total. The highest BCUT2D eigenvalue weighted by Gasteiger charge is 2.47. The average Bonchev–Trinajstić information content (AvgIpc) is 3.24. The molecule has 1 aliphatic heterocycles. The van der Waals surface area contributed by atoms with Crippen molar-refractivity contribution in [2.45, 2.75) is 72.1 Å². The van der Waals surface area contributed by atoms with Gasteiger partial charge in [-0.1, -0.05) is 5.16 Å². The van der Waals surface area contributed by atoms with Crippen LogP contribution in [0.4, 0.5) is 15.3 Å². The van der Waals surface area contributed by atoms with Gasteiger partial charge in [-0.25, -0.2) is 14.1 Å². The number of hydrogen-bond donors (Lipinski definition) is 1. The monoisotopic (exact) mass is 501 g/mol. The van der Waals surface area contributed by atoms with E-state index in [2.05, 4.69) is 15.5 Å². The van der Waals surface area contributed by atoms with Gasteiger partial charge in [-0.05, 0) is 46.8 Å². The molecule has 2 aromatic rings. The molecule has 196 valence electrons. The van der Waals surface area contributed by atoms with Crippen molar-refractivity contribution >= 4 is 23.8 Å². The molecule has 3 rings (SSSR count). The lowest BCUT2D eigenvalue weighted by Crippen LogP contribution is -2.60. The number of ether oxygens (including phenoxy) is 1. The van der Waals surface area contributed by atoms with Crippen molar-refractivity contribution in [3.63, 3.8) is 0 Å². The molecule has 2 heterocycles. The molecule has 0 spiro atoms. The van der Waals surface area contributed by atoms with Crippen molar-refractivity contribution in [2.75, 3.05) is 20.1 Å². The maximum atomic E-state index is 12.7. The van der Waals surface area contributed by atoms with Crippen molar-refractivity contribution in [2.24, 2.45) is 0 Å². The van der Waals surface area contributed by atoms with E-state index >= 15 is 0 Å². The summed E-state index contributed by atoms with van der Waals surface area (Å²) in [5, 5.41) is 18.6. The predicted octanol–water partition coefficient (Wildman–Crippen LogP) is 2.79. The summed E-state index contributed by atoms with van der Waals surface area (Å²) < 4.78 is 10.6. The van der Waals surface area contributed by atoms with E-state index < -0.39 is 23.8 Å². The van der Waals surface area contributed by atoms with Gasteiger partial charge in [-0.3, -0.25) is 0 Å². The Morgan fingerprint density at radius 1 is 1.31 bits per heavy atom. The summed E-state index contributed by atoms with van der Waals surface area (Å²) >= 11 is 0. The molecule has 0 fully saturated rings. The smallest absolute Gasteiger partial charge is 0.407 e. The number of alkyl carbamates (subject to hydrolysis) is 1. The summed E-state index contributed by atoms with van der Waals surface area (Å²) in [6.07, 6.45) is -1.02. The van der Waals surface area contributed by atoms with E-state index in [1.165, 1.54) is 4.90 Å². The highest BCUT2D eigenvalue weighted by atomic mass is 16.6. The number of aromatic nitrogens is 2. The van der Waals surface area contributed by atoms with E-state index in [0.29, 0.717) is 35.7 Å². The normalized spacial score (nSPS) is 21.4. The largest absolute Gasteiger partial charge is 0.530 e. The Kier molecular flexibility index (Phi) is 7.73. The number of nitrogens with zero attached hydrogens (tertiary/aromatic N) is 4. The first-order chi connectivity index (χ1) is 16.8. The zero-order valence-electron chi connectivity index (χ0n) is 22.0. The quantitative estimate of drug-likeness (QED) is 0.597. The van der Waals surface area contributed by atoms with Crippen LogP contribution in [0, 0.1) is 0 Å². The fourth-order valence-corrected chi connectivity index (χ4v) is 4.59. The number of quaternary nitrogens is 1. The number of nitrogens with one attached hydrogen (secondary N) is 1. The number of fused-ring (bicyclic) bond motifs is 1. The molecule has 1 aromatic carbocycles.